The van der Waals surface area contributed by atoms with Crippen molar-refractivity contribution in [1.82, 2.24) is 10.2 Å². The molecule has 1 saturated carbocycles. The maximum Gasteiger partial charge on any atom is 0.225 e. The molecule has 4 heteroatoms. The lowest BCUT2D eigenvalue weighted by Crippen LogP contribution is -2.52. The Morgan fingerprint density at radius 2 is 2.21 bits per heavy atom. The van der Waals surface area contributed by atoms with Gasteiger partial charge in [0.05, 0.1) is 12.0 Å². The molecule has 4 nitrogen and oxygen atoms in total. The highest BCUT2D eigenvalue weighted by atomic mass is 16.5. The van der Waals surface area contributed by atoms with Crippen LogP contribution in [0.4, 0.5) is 0 Å². The molecule has 1 saturated heterocycles. The number of nitrogens with one attached hydrogen (secondary N) is 1. The average Bonchev–Trinajstić information content (AvgIpc) is 2.36. The SMILES string of the molecule is CCNC1CCN(C(=O)CC2(OC)CCC2)CC1C. The van der Waals surface area contributed by atoms with Gasteiger partial charge in [0.2, 0.25) is 5.91 Å². The van der Waals surface area contributed by atoms with Crippen molar-refractivity contribution in [3.63, 3.8) is 0 Å². The van der Waals surface area contributed by atoms with E-state index in [1.54, 1.807) is 7.11 Å². The van der Waals surface area contributed by atoms with Crippen molar-refractivity contribution in [1.29, 1.82) is 0 Å². The molecule has 0 aromatic carbocycles. The first-order chi connectivity index (χ1) is 9.10. The molecule has 2 unspecified atom stereocenters. The number of piperidine rings is 1. The predicted molar refractivity (Wildman–Crippen MR) is 76.0 cm³/mol. The van der Waals surface area contributed by atoms with Gasteiger partial charge in [-0.3, -0.25) is 4.79 Å². The first-order valence-electron chi connectivity index (χ1n) is 7.66. The zero-order chi connectivity index (χ0) is 13.9. The zero-order valence-electron chi connectivity index (χ0n) is 12.6. The standard InChI is InChI=1S/C15H28N2O2/c1-4-16-13-6-9-17(11-12(13)2)14(18)10-15(19-3)7-5-8-15/h12-13,16H,4-11H2,1-3H3. The molecule has 2 atom stereocenters. The van der Waals surface area contributed by atoms with E-state index in [1.807, 2.05) is 4.90 Å². The summed E-state index contributed by atoms with van der Waals surface area (Å²) in [6.45, 7) is 7.16. The van der Waals surface area contributed by atoms with Gasteiger partial charge in [-0.2, -0.15) is 0 Å². The molecule has 19 heavy (non-hydrogen) atoms. The van der Waals surface area contributed by atoms with Crippen LogP contribution in [0.1, 0.15) is 46.0 Å². The Hall–Kier alpha value is -0.610. The molecule has 0 radical (unpaired) electrons. The second kappa shape index (κ2) is 6.23. The van der Waals surface area contributed by atoms with Crippen LogP contribution in [-0.4, -0.2) is 49.2 Å². The molecule has 1 aliphatic heterocycles. The van der Waals surface area contributed by atoms with E-state index < -0.39 is 0 Å². The highest BCUT2D eigenvalue weighted by Gasteiger charge is 2.40. The van der Waals surface area contributed by atoms with Gasteiger partial charge >= 0.3 is 0 Å². The Morgan fingerprint density at radius 3 is 2.68 bits per heavy atom. The molecule has 0 spiro atoms. The van der Waals surface area contributed by atoms with Gasteiger partial charge in [0.25, 0.3) is 0 Å². The Kier molecular flexibility index (Phi) is 4.85. The van der Waals surface area contributed by atoms with Gasteiger partial charge < -0.3 is 15.0 Å². The topological polar surface area (TPSA) is 41.6 Å². The zero-order valence-corrected chi connectivity index (χ0v) is 12.6. The van der Waals surface area contributed by atoms with E-state index in [0.717, 1.165) is 38.9 Å². The summed E-state index contributed by atoms with van der Waals surface area (Å²) in [5, 5.41) is 3.51. The third-order valence-electron chi connectivity index (χ3n) is 4.90. The molecule has 0 bridgehead atoms. The van der Waals surface area contributed by atoms with Crippen molar-refractivity contribution in [2.24, 2.45) is 5.92 Å². The number of carbonyl (C=O) groups excluding carboxylic acids is 1. The summed E-state index contributed by atoms with van der Waals surface area (Å²) in [6.07, 6.45) is 4.92. The number of carbonyl (C=O) groups is 1. The lowest BCUT2D eigenvalue weighted by Gasteiger charge is -2.43. The quantitative estimate of drug-likeness (QED) is 0.826. The van der Waals surface area contributed by atoms with E-state index in [4.69, 9.17) is 4.74 Å². The van der Waals surface area contributed by atoms with Crippen LogP contribution in [-0.2, 0) is 9.53 Å². The summed E-state index contributed by atoms with van der Waals surface area (Å²) in [4.78, 5) is 14.4. The molecule has 1 N–H and O–H groups in total. The van der Waals surface area contributed by atoms with Crippen LogP contribution in [0.2, 0.25) is 0 Å². The summed E-state index contributed by atoms with van der Waals surface area (Å²) in [5.74, 6) is 0.820. The second-order valence-corrected chi connectivity index (χ2v) is 6.19. The highest BCUT2D eigenvalue weighted by molar-refractivity contribution is 5.77. The number of likely N-dealkylation sites (tertiary alicyclic amines) is 1. The predicted octanol–water partition coefficient (Wildman–Crippen LogP) is 1.79. The third kappa shape index (κ3) is 3.29. The molecular weight excluding hydrogens is 240 g/mol. The maximum atomic E-state index is 12.4. The Morgan fingerprint density at radius 1 is 1.47 bits per heavy atom. The van der Waals surface area contributed by atoms with Crippen LogP contribution in [0.5, 0.6) is 0 Å². The Bertz CT molecular complexity index is 310. The first kappa shape index (κ1) is 14.8. The monoisotopic (exact) mass is 268 g/mol. The fourth-order valence-corrected chi connectivity index (χ4v) is 3.35. The van der Waals surface area contributed by atoms with Crippen molar-refractivity contribution >= 4 is 5.91 Å². The van der Waals surface area contributed by atoms with Crippen LogP contribution < -0.4 is 5.32 Å². The minimum absolute atomic E-state index is 0.140. The van der Waals surface area contributed by atoms with Crippen molar-refractivity contribution < 1.29 is 9.53 Å². The van der Waals surface area contributed by atoms with E-state index in [9.17, 15) is 4.79 Å². The highest BCUT2D eigenvalue weighted by Crippen LogP contribution is 2.38. The van der Waals surface area contributed by atoms with E-state index in [0.29, 0.717) is 18.4 Å². The van der Waals surface area contributed by atoms with Gasteiger partial charge in [0.1, 0.15) is 0 Å². The minimum atomic E-state index is -0.140. The summed E-state index contributed by atoms with van der Waals surface area (Å²) in [7, 11) is 1.74. The largest absolute Gasteiger partial charge is 0.378 e. The van der Waals surface area contributed by atoms with Gasteiger partial charge in [-0.1, -0.05) is 13.8 Å². The first-order valence-corrected chi connectivity index (χ1v) is 7.66. The number of amides is 1. The molecule has 2 fully saturated rings. The van der Waals surface area contributed by atoms with Crippen molar-refractivity contribution in [3.8, 4) is 0 Å². The normalized spacial score (nSPS) is 29.9. The summed E-state index contributed by atoms with van der Waals surface area (Å²) in [5.41, 5.74) is -0.140. The lowest BCUT2D eigenvalue weighted by atomic mass is 9.77. The van der Waals surface area contributed by atoms with E-state index in [1.165, 1.54) is 6.42 Å². The molecule has 1 aliphatic carbocycles. The second-order valence-electron chi connectivity index (χ2n) is 6.19. The van der Waals surface area contributed by atoms with Crippen LogP contribution in [0, 0.1) is 5.92 Å². The smallest absolute Gasteiger partial charge is 0.225 e. The van der Waals surface area contributed by atoms with Crippen LogP contribution >= 0.6 is 0 Å². The van der Waals surface area contributed by atoms with E-state index in [2.05, 4.69) is 19.2 Å². The average molecular weight is 268 g/mol. The molecule has 1 heterocycles. The molecule has 2 aliphatic rings. The van der Waals surface area contributed by atoms with Crippen LogP contribution in [0.15, 0.2) is 0 Å². The summed E-state index contributed by atoms with van der Waals surface area (Å²) in [6, 6.07) is 0.564. The molecule has 110 valence electrons. The molecular formula is C15H28N2O2. The number of nitrogens with zero attached hydrogens (tertiary/aromatic N) is 1. The van der Waals surface area contributed by atoms with E-state index in [-0.39, 0.29) is 11.5 Å². The van der Waals surface area contributed by atoms with Crippen molar-refractivity contribution in [2.45, 2.75) is 57.6 Å². The Balaban J connectivity index is 1.84. The number of hydrogen-bond donors (Lipinski definition) is 1. The van der Waals surface area contributed by atoms with Crippen LogP contribution in [0.25, 0.3) is 0 Å². The Labute approximate surface area is 116 Å². The van der Waals surface area contributed by atoms with Gasteiger partial charge in [-0.25, -0.2) is 0 Å². The molecule has 0 aromatic rings. The van der Waals surface area contributed by atoms with Gasteiger partial charge in [-0.15, -0.1) is 0 Å². The summed E-state index contributed by atoms with van der Waals surface area (Å²) >= 11 is 0. The van der Waals surface area contributed by atoms with Gasteiger partial charge in [0.15, 0.2) is 0 Å². The van der Waals surface area contributed by atoms with Crippen LogP contribution in [0.3, 0.4) is 0 Å². The maximum absolute atomic E-state index is 12.4. The number of hydrogen-bond acceptors (Lipinski definition) is 3. The molecule has 2 rings (SSSR count). The third-order valence-corrected chi connectivity index (χ3v) is 4.90. The number of rotatable bonds is 5. The van der Waals surface area contributed by atoms with E-state index >= 15 is 0 Å². The van der Waals surface area contributed by atoms with Gasteiger partial charge in [-0.05, 0) is 38.1 Å². The molecule has 0 aromatic heterocycles. The minimum Gasteiger partial charge on any atom is -0.378 e. The lowest BCUT2D eigenvalue weighted by molar-refractivity contribution is -0.146. The summed E-state index contributed by atoms with van der Waals surface area (Å²) < 4.78 is 5.56. The fraction of sp³-hybridized carbons (Fsp3) is 0.933. The number of ether oxygens (including phenoxy) is 1. The van der Waals surface area contributed by atoms with Crippen molar-refractivity contribution in [2.75, 3.05) is 26.7 Å². The number of methoxy groups -OCH3 is 1. The molecule has 1 amide bonds. The van der Waals surface area contributed by atoms with Gasteiger partial charge in [0, 0.05) is 26.2 Å². The fourth-order valence-electron chi connectivity index (χ4n) is 3.35. The van der Waals surface area contributed by atoms with Crippen molar-refractivity contribution in [3.05, 3.63) is 0 Å².